The molecule has 38 heavy (non-hydrogen) atoms. The minimum absolute atomic E-state index is 0.170. The Morgan fingerprint density at radius 3 is 2.50 bits per heavy atom. The van der Waals surface area contributed by atoms with E-state index in [9.17, 15) is 21.4 Å². The summed E-state index contributed by atoms with van der Waals surface area (Å²) in [6.45, 7) is 2.63. The zero-order valence-electron chi connectivity index (χ0n) is 20.1. The van der Waals surface area contributed by atoms with Crippen LogP contribution in [0.15, 0.2) is 58.0 Å². The third-order valence-electron chi connectivity index (χ3n) is 5.65. The normalized spacial score (nSPS) is 15.6. The monoisotopic (exact) mass is 634 g/mol. The minimum atomic E-state index is -4.32. The smallest absolute Gasteiger partial charge is 0.264 e. The lowest BCUT2D eigenvalue weighted by Crippen LogP contribution is -2.36. The molecule has 0 saturated carbocycles. The number of thiazole rings is 1. The highest BCUT2D eigenvalue weighted by Crippen LogP contribution is 2.47. The predicted octanol–water partition coefficient (Wildman–Crippen LogP) is 5.57. The lowest BCUT2D eigenvalue weighted by atomic mass is 10.2. The summed E-state index contributed by atoms with van der Waals surface area (Å²) in [4.78, 5) is 2.96. The number of thioether (sulfide) groups is 1. The predicted molar refractivity (Wildman–Crippen MR) is 154 cm³/mol. The molecule has 0 fully saturated rings. The van der Waals surface area contributed by atoms with Gasteiger partial charge in [-0.25, -0.2) is 8.42 Å². The van der Waals surface area contributed by atoms with Crippen LogP contribution in [-0.2, 0) is 26.8 Å². The van der Waals surface area contributed by atoms with Crippen LogP contribution in [0, 0.1) is 0 Å². The van der Waals surface area contributed by atoms with E-state index in [2.05, 4.69) is 0 Å². The number of rotatable bonds is 10. The molecule has 8 nitrogen and oxygen atoms in total. The van der Waals surface area contributed by atoms with E-state index in [1.807, 2.05) is 52.8 Å². The Labute approximate surface area is 240 Å². The van der Waals surface area contributed by atoms with E-state index >= 15 is 0 Å². The van der Waals surface area contributed by atoms with E-state index in [1.165, 1.54) is 23.1 Å². The van der Waals surface area contributed by atoms with Crippen LogP contribution < -0.4 is 9.47 Å². The van der Waals surface area contributed by atoms with Crippen molar-refractivity contribution in [3.63, 3.8) is 0 Å². The molecule has 0 aliphatic carbocycles. The van der Waals surface area contributed by atoms with Crippen molar-refractivity contribution >= 4 is 88.5 Å². The average molecular weight is 636 g/mol. The van der Waals surface area contributed by atoms with Crippen LogP contribution in [0.2, 0.25) is 10.0 Å². The van der Waals surface area contributed by atoms with Crippen molar-refractivity contribution in [2.24, 2.45) is 0 Å². The molecule has 0 amide bonds. The first-order valence-electron chi connectivity index (χ1n) is 11.4. The highest BCUT2D eigenvalue weighted by Gasteiger charge is 2.26. The molecule has 1 aliphatic rings. The van der Waals surface area contributed by atoms with Gasteiger partial charge in [-0.05, 0) is 55.3 Å². The number of hydrogen-bond acceptors (Lipinski definition) is 8. The minimum Gasteiger partial charge on any atom is -0.748 e. The topological polar surface area (TPSA) is 119 Å². The lowest BCUT2D eigenvalue weighted by molar-refractivity contribution is -0.668. The SMILES string of the molecule is CC(/C=C1\Sc2ccc(Cl)cc2N1CCCS(=O)(=O)O)=C\c1sc2ccc(Cl)cc2[n+]1CCCS(=O)(=O)[O-]. The average Bonchev–Trinajstić information content (AvgIpc) is 3.29. The number of anilines is 1. The second-order valence-corrected chi connectivity index (χ2v) is 14.8. The van der Waals surface area contributed by atoms with E-state index in [0.717, 1.165) is 36.4 Å². The summed E-state index contributed by atoms with van der Waals surface area (Å²) in [5.74, 6) is -0.810. The van der Waals surface area contributed by atoms with Gasteiger partial charge in [0, 0.05) is 45.8 Å². The number of aromatic nitrogens is 1. The van der Waals surface area contributed by atoms with Gasteiger partial charge in [0.2, 0.25) is 5.52 Å². The maximum atomic E-state index is 11.3. The van der Waals surface area contributed by atoms with Crippen molar-refractivity contribution in [1.82, 2.24) is 0 Å². The van der Waals surface area contributed by atoms with Crippen molar-refractivity contribution in [1.29, 1.82) is 0 Å². The summed E-state index contributed by atoms with van der Waals surface area (Å²) in [5, 5.41) is 2.85. The standard InChI is InChI=1S/C24H24Cl2N2O6S4/c1-16(12-23-27(8-2-10-37(29,30)31)19-14-17(25)4-6-21(19)35-23)13-24-28(9-3-11-38(32,33)34)20-15-18(26)5-7-22(20)36-24/h4-7,12-15H,2-3,8-11H2,1H3,(H-,29,30,31,32,33,34). The summed E-state index contributed by atoms with van der Waals surface area (Å²) in [7, 11) is -8.40. The molecule has 1 N–H and O–H groups in total. The molecule has 14 heteroatoms. The fourth-order valence-corrected chi connectivity index (χ4v) is 7.73. The fourth-order valence-electron chi connectivity index (χ4n) is 4.06. The molecule has 3 aromatic rings. The lowest BCUT2D eigenvalue weighted by Gasteiger charge is -2.20. The molecule has 0 spiro atoms. The molecule has 0 bridgehead atoms. The van der Waals surface area contributed by atoms with E-state index in [0.29, 0.717) is 23.1 Å². The van der Waals surface area contributed by atoms with E-state index < -0.39 is 26.0 Å². The van der Waals surface area contributed by atoms with Crippen LogP contribution in [-0.4, -0.2) is 44.0 Å². The largest absolute Gasteiger partial charge is 0.748 e. The van der Waals surface area contributed by atoms with Gasteiger partial charge in [-0.1, -0.05) is 46.3 Å². The molecular weight excluding hydrogens is 611 g/mol. The molecule has 2 heterocycles. The van der Waals surface area contributed by atoms with Gasteiger partial charge in [0.15, 0.2) is 6.54 Å². The second-order valence-electron chi connectivity index (χ2n) is 8.70. The van der Waals surface area contributed by atoms with Crippen LogP contribution in [0.4, 0.5) is 5.69 Å². The van der Waals surface area contributed by atoms with Crippen molar-refractivity contribution in [3.05, 3.63) is 68.1 Å². The fraction of sp³-hybridized carbons (Fsp3) is 0.292. The molecule has 4 rings (SSSR count). The van der Waals surface area contributed by atoms with E-state index in [4.69, 9.17) is 27.8 Å². The van der Waals surface area contributed by atoms with Gasteiger partial charge in [-0.15, -0.1) is 0 Å². The number of aryl methyl sites for hydroxylation is 1. The number of fused-ring (bicyclic) bond motifs is 2. The molecule has 204 valence electrons. The molecule has 0 unspecified atom stereocenters. The number of allylic oxidation sites excluding steroid dienone is 2. The van der Waals surface area contributed by atoms with E-state index in [1.54, 1.807) is 12.1 Å². The van der Waals surface area contributed by atoms with Gasteiger partial charge in [-0.2, -0.15) is 13.0 Å². The van der Waals surface area contributed by atoms with Gasteiger partial charge in [0.25, 0.3) is 15.1 Å². The van der Waals surface area contributed by atoms with Crippen molar-refractivity contribution in [2.45, 2.75) is 31.2 Å². The van der Waals surface area contributed by atoms with Gasteiger partial charge in [-0.3, -0.25) is 4.55 Å². The van der Waals surface area contributed by atoms with Gasteiger partial charge in [0.05, 0.1) is 26.6 Å². The van der Waals surface area contributed by atoms with Crippen molar-refractivity contribution in [3.8, 4) is 0 Å². The van der Waals surface area contributed by atoms with Gasteiger partial charge < -0.3 is 9.45 Å². The van der Waals surface area contributed by atoms with Crippen molar-refractivity contribution in [2.75, 3.05) is 23.0 Å². The Bertz CT molecular complexity index is 1650. The summed E-state index contributed by atoms with van der Waals surface area (Å²) < 4.78 is 68.0. The quantitative estimate of drug-likeness (QED) is 0.227. The van der Waals surface area contributed by atoms with Gasteiger partial charge in [0.1, 0.15) is 4.70 Å². The zero-order chi connectivity index (χ0) is 27.7. The highest BCUT2D eigenvalue weighted by molar-refractivity contribution is 8.03. The number of benzene rings is 2. The third-order valence-corrected chi connectivity index (χ3v) is 9.94. The number of halogens is 2. The Kier molecular flexibility index (Phi) is 9.15. The maximum absolute atomic E-state index is 11.3. The molecule has 0 atom stereocenters. The first-order valence-corrected chi connectivity index (χ1v) is 17.0. The highest BCUT2D eigenvalue weighted by atomic mass is 35.5. The molecule has 2 aromatic carbocycles. The summed E-state index contributed by atoms with van der Waals surface area (Å²) in [6.07, 6.45) is 4.36. The molecule has 0 saturated heterocycles. The van der Waals surface area contributed by atoms with Crippen LogP contribution in [0.1, 0.15) is 24.8 Å². The molecule has 1 aliphatic heterocycles. The number of nitrogens with zero attached hydrogens (tertiary/aromatic N) is 2. The first kappa shape index (κ1) is 29.3. The summed E-state index contributed by atoms with van der Waals surface area (Å²) in [5.41, 5.74) is 2.61. The molecular formula is C24H24Cl2N2O6S4. The van der Waals surface area contributed by atoms with Crippen LogP contribution in [0.25, 0.3) is 16.3 Å². The Hall–Kier alpha value is -1.64. The van der Waals surface area contributed by atoms with Crippen LogP contribution in [0.3, 0.4) is 0 Å². The second kappa shape index (κ2) is 11.8. The summed E-state index contributed by atoms with van der Waals surface area (Å²) in [6, 6.07) is 11.0. The first-order chi connectivity index (χ1) is 17.8. The van der Waals surface area contributed by atoms with Crippen molar-refractivity contribution < 1.29 is 30.5 Å². The van der Waals surface area contributed by atoms with E-state index in [-0.39, 0.29) is 18.6 Å². The van der Waals surface area contributed by atoms with Crippen LogP contribution in [0.5, 0.6) is 0 Å². The van der Waals surface area contributed by atoms with Gasteiger partial charge >= 0.3 is 0 Å². The zero-order valence-corrected chi connectivity index (χ0v) is 24.9. The maximum Gasteiger partial charge on any atom is 0.264 e. The molecule has 0 radical (unpaired) electrons. The third kappa shape index (κ3) is 7.72. The summed E-state index contributed by atoms with van der Waals surface area (Å²) >= 11 is 15.5. The Morgan fingerprint density at radius 2 is 1.79 bits per heavy atom. The van der Waals surface area contributed by atoms with Crippen LogP contribution >= 0.6 is 46.3 Å². The Morgan fingerprint density at radius 1 is 1.08 bits per heavy atom. The Balaban J connectivity index is 1.67. The molecule has 1 aromatic heterocycles. The number of hydrogen-bond donors (Lipinski definition) is 1.